The van der Waals surface area contributed by atoms with Crippen LogP contribution in [-0.4, -0.2) is 11.5 Å². The van der Waals surface area contributed by atoms with Crippen molar-refractivity contribution in [2.45, 2.75) is 6.42 Å². The van der Waals surface area contributed by atoms with Crippen LogP contribution in [0.5, 0.6) is 0 Å². The third-order valence-electron chi connectivity index (χ3n) is 1.66. The molecule has 0 amide bonds. The van der Waals surface area contributed by atoms with Gasteiger partial charge in [-0.3, -0.25) is 0 Å². The smallest absolute Gasteiger partial charge is 0.0675 e. The first-order valence-corrected chi connectivity index (χ1v) is 3.40. The molecule has 9 heavy (non-hydrogen) atoms. The van der Waals surface area contributed by atoms with E-state index in [0.29, 0.717) is 0 Å². The molecule has 1 aromatic rings. The zero-order valence-electron chi connectivity index (χ0n) is 4.96. The number of H-pyrrole nitrogens is 1. The molecule has 0 spiro atoms. The largest absolute Gasteiger partial charge is 0.363 e. The van der Waals surface area contributed by atoms with Gasteiger partial charge in [0.15, 0.2) is 0 Å². The Labute approximate surface area is 59.4 Å². The number of hydrogen-bond acceptors (Lipinski definition) is 2. The first-order chi connectivity index (χ1) is 4.38. The minimum Gasteiger partial charge on any atom is -0.363 e. The van der Waals surface area contributed by atoms with E-state index in [1.807, 2.05) is 10.5 Å². The van der Waals surface area contributed by atoms with E-state index in [1.165, 1.54) is 11.4 Å². The van der Waals surface area contributed by atoms with Gasteiger partial charge in [-0.25, -0.2) is 0 Å². The first kappa shape index (κ1) is 5.23. The van der Waals surface area contributed by atoms with Crippen molar-refractivity contribution in [1.82, 2.24) is 4.98 Å². The summed E-state index contributed by atoms with van der Waals surface area (Å²) < 4.78 is 1.96. The Balaban J connectivity index is 2.49. The van der Waals surface area contributed by atoms with Crippen LogP contribution in [0.1, 0.15) is 5.69 Å². The Hall–Kier alpha value is -0.570. The summed E-state index contributed by atoms with van der Waals surface area (Å²) >= 11 is 4.25. The van der Waals surface area contributed by atoms with Crippen LogP contribution >= 0.6 is 12.8 Å². The van der Waals surface area contributed by atoms with Crippen molar-refractivity contribution >= 4 is 18.5 Å². The third kappa shape index (κ3) is 0.645. The predicted molar refractivity (Wildman–Crippen MR) is 40.8 cm³/mol. The molecule has 1 aliphatic heterocycles. The highest BCUT2D eigenvalue weighted by molar-refractivity contribution is 7.81. The number of anilines is 1. The molecule has 3 heteroatoms. The zero-order valence-corrected chi connectivity index (χ0v) is 5.86. The summed E-state index contributed by atoms with van der Waals surface area (Å²) in [6, 6.07) is 2.05. The van der Waals surface area contributed by atoms with Gasteiger partial charge in [-0.2, -0.15) is 0 Å². The van der Waals surface area contributed by atoms with Gasteiger partial charge in [0.25, 0.3) is 0 Å². The SMILES string of the molecule is SN1CCc2[nH]ccc21. The third-order valence-corrected chi connectivity index (χ3v) is 2.08. The van der Waals surface area contributed by atoms with Crippen LogP contribution < -0.4 is 4.31 Å². The molecular formula is C6H8N2S. The highest BCUT2D eigenvalue weighted by Crippen LogP contribution is 2.27. The minimum absolute atomic E-state index is 1.03. The van der Waals surface area contributed by atoms with Crippen LogP contribution in [0.25, 0.3) is 0 Å². The fraction of sp³-hybridized carbons (Fsp3) is 0.333. The molecule has 2 rings (SSSR count). The number of hydrogen-bond donors (Lipinski definition) is 2. The van der Waals surface area contributed by atoms with E-state index in [0.717, 1.165) is 13.0 Å². The molecule has 1 N–H and O–H groups in total. The molecule has 0 aromatic carbocycles. The van der Waals surface area contributed by atoms with Crippen LogP contribution in [0.2, 0.25) is 0 Å². The Kier molecular flexibility index (Phi) is 0.990. The second kappa shape index (κ2) is 1.70. The maximum Gasteiger partial charge on any atom is 0.0675 e. The lowest BCUT2D eigenvalue weighted by atomic mass is 10.3. The fourth-order valence-corrected chi connectivity index (χ4v) is 1.46. The molecule has 0 saturated heterocycles. The topological polar surface area (TPSA) is 19.0 Å². The molecule has 0 aliphatic carbocycles. The van der Waals surface area contributed by atoms with E-state index >= 15 is 0 Å². The summed E-state index contributed by atoms with van der Waals surface area (Å²) in [7, 11) is 0. The molecule has 0 bridgehead atoms. The van der Waals surface area contributed by atoms with Crippen molar-refractivity contribution in [2.75, 3.05) is 10.8 Å². The van der Waals surface area contributed by atoms with Gasteiger partial charge < -0.3 is 9.29 Å². The van der Waals surface area contributed by atoms with Gasteiger partial charge in [-0.15, -0.1) is 0 Å². The van der Waals surface area contributed by atoms with E-state index < -0.39 is 0 Å². The number of aromatic amines is 1. The van der Waals surface area contributed by atoms with Crippen molar-refractivity contribution in [3.05, 3.63) is 18.0 Å². The number of aromatic nitrogens is 1. The average molecular weight is 140 g/mol. The van der Waals surface area contributed by atoms with Crippen molar-refractivity contribution in [2.24, 2.45) is 0 Å². The predicted octanol–water partition coefficient (Wildman–Crippen LogP) is 1.22. The van der Waals surface area contributed by atoms with Crippen LogP contribution in [-0.2, 0) is 6.42 Å². The minimum atomic E-state index is 1.03. The number of rotatable bonds is 0. The molecule has 1 aromatic heterocycles. The monoisotopic (exact) mass is 140 g/mol. The second-order valence-electron chi connectivity index (χ2n) is 2.21. The molecule has 2 nitrogen and oxygen atoms in total. The van der Waals surface area contributed by atoms with E-state index in [2.05, 4.69) is 23.9 Å². The maximum absolute atomic E-state index is 4.25. The van der Waals surface area contributed by atoms with Crippen LogP contribution in [0.3, 0.4) is 0 Å². The molecule has 0 fully saturated rings. The summed E-state index contributed by atoms with van der Waals surface area (Å²) in [5, 5.41) is 0. The number of thiol groups is 1. The van der Waals surface area contributed by atoms with Crippen molar-refractivity contribution < 1.29 is 0 Å². The van der Waals surface area contributed by atoms with Crippen molar-refractivity contribution in [3.63, 3.8) is 0 Å². The average Bonchev–Trinajstić information content (AvgIpc) is 2.35. The molecule has 1 aliphatic rings. The maximum atomic E-state index is 4.25. The first-order valence-electron chi connectivity index (χ1n) is 3.00. The lowest BCUT2D eigenvalue weighted by molar-refractivity contribution is 1.02. The van der Waals surface area contributed by atoms with E-state index in [9.17, 15) is 0 Å². The van der Waals surface area contributed by atoms with Crippen molar-refractivity contribution in [1.29, 1.82) is 0 Å². The van der Waals surface area contributed by atoms with Crippen molar-refractivity contribution in [3.8, 4) is 0 Å². The summed E-state index contributed by atoms with van der Waals surface area (Å²) in [4.78, 5) is 3.16. The normalized spacial score (nSPS) is 16.3. The van der Waals surface area contributed by atoms with E-state index in [1.54, 1.807) is 0 Å². The summed E-state index contributed by atoms with van der Waals surface area (Å²) in [6.07, 6.45) is 3.05. The quantitative estimate of drug-likeness (QED) is 0.519. The standard InChI is InChI=1S/C6H8N2S/c9-8-4-2-5-6(8)1-3-7-5/h1,3,7,9H,2,4H2. The fourth-order valence-electron chi connectivity index (χ4n) is 1.18. The Morgan fingerprint density at radius 3 is 3.33 bits per heavy atom. The lowest BCUT2D eigenvalue weighted by Crippen LogP contribution is -2.04. The summed E-state index contributed by atoms with van der Waals surface area (Å²) in [5.41, 5.74) is 2.54. The Morgan fingerprint density at radius 1 is 1.67 bits per heavy atom. The Bertz CT molecular complexity index is 219. The molecule has 0 saturated carbocycles. The Morgan fingerprint density at radius 2 is 2.56 bits per heavy atom. The van der Waals surface area contributed by atoms with Gasteiger partial charge >= 0.3 is 0 Å². The van der Waals surface area contributed by atoms with Gasteiger partial charge in [0.1, 0.15) is 0 Å². The van der Waals surface area contributed by atoms with Crippen LogP contribution in [0, 0.1) is 0 Å². The van der Waals surface area contributed by atoms with E-state index in [4.69, 9.17) is 0 Å². The molecule has 2 heterocycles. The molecule has 48 valence electrons. The number of nitrogens with zero attached hydrogens (tertiary/aromatic N) is 1. The highest BCUT2D eigenvalue weighted by Gasteiger charge is 2.15. The van der Waals surface area contributed by atoms with Gasteiger partial charge in [-0.1, -0.05) is 12.8 Å². The van der Waals surface area contributed by atoms with Gasteiger partial charge in [0, 0.05) is 24.9 Å². The zero-order chi connectivity index (χ0) is 6.27. The van der Waals surface area contributed by atoms with Crippen LogP contribution in [0.4, 0.5) is 5.69 Å². The van der Waals surface area contributed by atoms with Gasteiger partial charge in [0.2, 0.25) is 0 Å². The summed E-state index contributed by atoms with van der Waals surface area (Å²) in [5.74, 6) is 0. The van der Waals surface area contributed by atoms with E-state index in [-0.39, 0.29) is 0 Å². The lowest BCUT2D eigenvalue weighted by Gasteiger charge is -2.05. The van der Waals surface area contributed by atoms with Gasteiger partial charge in [0.05, 0.1) is 5.69 Å². The molecule has 0 atom stereocenters. The number of fused-ring (bicyclic) bond motifs is 1. The van der Waals surface area contributed by atoms with Crippen LogP contribution in [0.15, 0.2) is 12.3 Å². The molecular weight excluding hydrogens is 132 g/mol. The highest BCUT2D eigenvalue weighted by atomic mass is 32.1. The second-order valence-corrected chi connectivity index (χ2v) is 2.70. The van der Waals surface area contributed by atoms with Gasteiger partial charge in [-0.05, 0) is 6.07 Å². The summed E-state index contributed by atoms with van der Waals surface area (Å²) in [6.45, 7) is 1.03. The number of nitrogens with one attached hydrogen (secondary N) is 1. The molecule has 0 radical (unpaired) electrons. The molecule has 0 unspecified atom stereocenters.